The minimum atomic E-state index is -0.811. The molecule has 0 spiro atoms. The van der Waals surface area contributed by atoms with E-state index >= 15 is 0 Å². The molecule has 3 aliphatic carbocycles. The van der Waals surface area contributed by atoms with E-state index in [9.17, 15) is 24.3 Å². The van der Waals surface area contributed by atoms with Crippen molar-refractivity contribution in [3.63, 3.8) is 0 Å². The summed E-state index contributed by atoms with van der Waals surface area (Å²) in [7, 11) is 0. The number of aliphatic hydroxyl groups excluding tert-OH is 2. The van der Waals surface area contributed by atoms with Crippen LogP contribution < -0.4 is 5.32 Å². The first-order valence-corrected chi connectivity index (χ1v) is 18.6. The first-order valence-electron chi connectivity index (χ1n) is 18.6. The van der Waals surface area contributed by atoms with Gasteiger partial charge in [0, 0.05) is 36.8 Å². The molecule has 1 aromatic rings. The van der Waals surface area contributed by atoms with Crippen molar-refractivity contribution in [1.29, 1.82) is 0 Å². The number of hydrogen-bond donors (Lipinski definition) is 3. The van der Waals surface area contributed by atoms with Crippen LogP contribution in [0.15, 0.2) is 42.2 Å². The molecule has 0 radical (unpaired) electrons. The van der Waals surface area contributed by atoms with E-state index in [4.69, 9.17) is 28.8 Å². The molecule has 1 aromatic carbocycles. The lowest BCUT2D eigenvalue weighted by atomic mass is 9.91. The zero-order chi connectivity index (χ0) is 37.0. The monoisotopic (exact) mass is 724 g/mol. The lowest BCUT2D eigenvalue weighted by Crippen LogP contribution is -2.51. The number of likely N-dealkylation sites (tertiary alicyclic amines) is 1. The predicted molar refractivity (Wildman–Crippen MR) is 187 cm³/mol. The summed E-state index contributed by atoms with van der Waals surface area (Å²) in [4.78, 5) is 55.2. The lowest BCUT2D eigenvalue weighted by Gasteiger charge is -2.33. The number of esters is 2. The van der Waals surface area contributed by atoms with Gasteiger partial charge in [0.2, 0.25) is 11.8 Å². The average molecular weight is 725 g/mol. The number of ether oxygens (including phenoxy) is 5. The second-order valence-electron chi connectivity index (χ2n) is 15.5. The van der Waals surface area contributed by atoms with Crippen LogP contribution in [0.2, 0.25) is 0 Å². The van der Waals surface area contributed by atoms with Gasteiger partial charge in [0.1, 0.15) is 36.6 Å². The molecule has 3 N–H and O–H groups in total. The minimum Gasteiger partial charge on any atom is -0.499 e. The van der Waals surface area contributed by atoms with Crippen molar-refractivity contribution in [2.45, 2.75) is 120 Å². The maximum atomic E-state index is 14.2. The molecular formula is C39H52N2O11. The molecular weight excluding hydrogens is 672 g/mol. The largest absolute Gasteiger partial charge is 0.499 e. The van der Waals surface area contributed by atoms with E-state index in [1.54, 1.807) is 56.0 Å². The smallest absolute Gasteiger partial charge is 0.338 e. The summed E-state index contributed by atoms with van der Waals surface area (Å²) < 4.78 is 30.2. The summed E-state index contributed by atoms with van der Waals surface area (Å²) in [6.45, 7) is 5.36. The van der Waals surface area contributed by atoms with E-state index in [0.29, 0.717) is 36.1 Å². The zero-order valence-electron chi connectivity index (χ0n) is 30.3. The fourth-order valence-electron chi connectivity index (χ4n) is 7.44. The first-order chi connectivity index (χ1) is 24.9. The molecule has 0 bridgehead atoms. The summed E-state index contributed by atoms with van der Waals surface area (Å²) >= 11 is 0. The number of fused-ring (bicyclic) bond motifs is 1. The SMILES string of the molecule is CC(C)(C)OC(=O)CC[C@@H](CO)NC(=O)[C@H]1CCCN1C(=O)C1=C[C@H]2OC(C3CC3)(C3CC3)O[C@H]2[C@H](OC(=O)c2cccc(C=COCCO)c2)C1. The summed E-state index contributed by atoms with van der Waals surface area (Å²) in [5.74, 6) is -1.97. The van der Waals surface area contributed by atoms with Gasteiger partial charge in [-0.2, -0.15) is 0 Å². The Morgan fingerprint density at radius 1 is 1.08 bits per heavy atom. The highest BCUT2D eigenvalue weighted by Gasteiger charge is 2.64. The molecule has 2 saturated carbocycles. The van der Waals surface area contributed by atoms with Crippen molar-refractivity contribution < 1.29 is 53.1 Å². The van der Waals surface area contributed by atoms with Crippen LogP contribution in [-0.2, 0) is 38.1 Å². The third-order valence-corrected chi connectivity index (χ3v) is 10.1. The van der Waals surface area contributed by atoms with Crippen molar-refractivity contribution in [2.24, 2.45) is 11.8 Å². The molecule has 5 aliphatic rings. The Balaban J connectivity index is 1.16. The topological polar surface area (TPSA) is 170 Å². The third kappa shape index (κ3) is 9.05. The maximum absolute atomic E-state index is 14.2. The fraction of sp³-hybridized carbons (Fsp3) is 0.641. The molecule has 0 aromatic heterocycles. The standard InChI is InChI=1S/C39H52N2O11/c1-38(2,3)51-33(44)14-13-29(23-43)40-35(45)30-8-5-16-41(30)36(46)26-21-31(34-32(22-26)50-39(52-34,27-9-10-27)28-11-12-28)49-37(47)25-7-4-6-24(20-25)15-18-48-19-17-42/h4,6-7,15,18,20,22,27-32,34,42-43H,5,8-14,16-17,19,21,23H2,1-3H3,(H,40,45)/t29-,30+,31+,32+,34-/m0/s1. The average Bonchev–Trinajstić information content (AvgIpc) is 4.06. The van der Waals surface area contributed by atoms with Crippen LogP contribution >= 0.6 is 0 Å². The molecule has 6 rings (SSSR count). The Bertz CT molecular complexity index is 1530. The quantitative estimate of drug-likeness (QED) is 0.138. The van der Waals surface area contributed by atoms with Gasteiger partial charge in [-0.25, -0.2) is 4.79 Å². The van der Waals surface area contributed by atoms with Gasteiger partial charge in [0.25, 0.3) is 0 Å². The highest BCUT2D eigenvalue weighted by molar-refractivity contribution is 5.98. The van der Waals surface area contributed by atoms with E-state index in [2.05, 4.69) is 5.32 Å². The molecule has 52 heavy (non-hydrogen) atoms. The highest BCUT2D eigenvalue weighted by atomic mass is 16.8. The molecule has 5 atom stereocenters. The highest BCUT2D eigenvalue weighted by Crippen LogP contribution is 2.59. The van der Waals surface area contributed by atoms with Gasteiger partial charge in [-0.15, -0.1) is 0 Å². The zero-order valence-corrected chi connectivity index (χ0v) is 30.3. The maximum Gasteiger partial charge on any atom is 0.338 e. The van der Waals surface area contributed by atoms with E-state index in [1.807, 2.05) is 6.07 Å². The number of nitrogens with one attached hydrogen (secondary N) is 1. The Kier molecular flexibility index (Phi) is 11.7. The van der Waals surface area contributed by atoms with Crippen LogP contribution in [0, 0.1) is 11.8 Å². The number of carbonyl (C=O) groups excluding carboxylic acids is 4. The van der Waals surface area contributed by atoms with E-state index in [0.717, 1.165) is 25.7 Å². The summed E-state index contributed by atoms with van der Waals surface area (Å²) in [6.07, 6.45) is 8.28. The van der Waals surface area contributed by atoms with E-state index in [1.165, 1.54) is 6.26 Å². The van der Waals surface area contributed by atoms with Crippen LogP contribution in [0.3, 0.4) is 0 Å². The number of benzene rings is 1. The van der Waals surface area contributed by atoms with Crippen LogP contribution in [0.25, 0.3) is 6.08 Å². The molecule has 13 nitrogen and oxygen atoms in total. The fourth-order valence-corrected chi connectivity index (χ4v) is 7.44. The summed E-state index contributed by atoms with van der Waals surface area (Å²) in [6, 6.07) is 5.43. The Morgan fingerprint density at radius 2 is 1.83 bits per heavy atom. The molecule has 2 saturated heterocycles. The number of aliphatic hydroxyl groups is 2. The van der Waals surface area contributed by atoms with Crippen LogP contribution in [0.5, 0.6) is 0 Å². The number of rotatable bonds is 15. The molecule has 284 valence electrons. The van der Waals surface area contributed by atoms with Gasteiger partial charge < -0.3 is 44.1 Å². The molecule has 2 heterocycles. The Hall–Kier alpha value is -3.78. The number of amides is 2. The summed E-state index contributed by atoms with van der Waals surface area (Å²) in [5, 5.41) is 21.8. The third-order valence-electron chi connectivity index (χ3n) is 10.1. The van der Waals surface area contributed by atoms with Crippen molar-refractivity contribution in [1.82, 2.24) is 10.2 Å². The van der Waals surface area contributed by atoms with Crippen molar-refractivity contribution in [2.75, 3.05) is 26.4 Å². The van der Waals surface area contributed by atoms with Gasteiger partial charge in [-0.05, 0) is 95.6 Å². The first kappa shape index (κ1) is 38.0. The van der Waals surface area contributed by atoms with Gasteiger partial charge in [0.05, 0.1) is 31.1 Å². The minimum absolute atomic E-state index is 0.0248. The second kappa shape index (κ2) is 16.1. The molecule has 4 fully saturated rings. The van der Waals surface area contributed by atoms with Crippen LogP contribution in [0.1, 0.15) is 94.5 Å². The molecule has 2 aliphatic heterocycles. The predicted octanol–water partition coefficient (Wildman–Crippen LogP) is 3.41. The van der Waals surface area contributed by atoms with Crippen molar-refractivity contribution in [3.05, 3.63) is 53.3 Å². The summed E-state index contributed by atoms with van der Waals surface area (Å²) in [5.41, 5.74) is 0.779. The normalized spacial score (nSPS) is 26.0. The van der Waals surface area contributed by atoms with E-state index in [-0.39, 0.29) is 56.8 Å². The molecule has 2 amide bonds. The van der Waals surface area contributed by atoms with Gasteiger partial charge in [0.15, 0.2) is 5.79 Å². The lowest BCUT2D eigenvalue weighted by molar-refractivity contribution is -0.209. The van der Waals surface area contributed by atoms with Gasteiger partial charge in [-0.1, -0.05) is 12.1 Å². The van der Waals surface area contributed by atoms with Gasteiger partial charge >= 0.3 is 11.9 Å². The van der Waals surface area contributed by atoms with Crippen LogP contribution in [0.4, 0.5) is 0 Å². The number of carbonyl (C=O) groups is 4. The van der Waals surface area contributed by atoms with Crippen molar-refractivity contribution in [3.8, 4) is 0 Å². The van der Waals surface area contributed by atoms with Gasteiger partial charge in [-0.3, -0.25) is 14.4 Å². The Morgan fingerprint density at radius 3 is 2.50 bits per heavy atom. The molecule has 0 unspecified atom stereocenters. The van der Waals surface area contributed by atoms with E-state index < -0.39 is 59.6 Å². The number of nitrogens with zero attached hydrogens (tertiary/aromatic N) is 1. The number of hydrogen-bond acceptors (Lipinski definition) is 11. The molecule has 13 heteroatoms. The second-order valence-corrected chi connectivity index (χ2v) is 15.5. The van der Waals surface area contributed by atoms with Crippen molar-refractivity contribution >= 4 is 29.8 Å². The Labute approximate surface area is 304 Å². The van der Waals surface area contributed by atoms with Crippen LogP contribution in [-0.4, -0.2) is 107 Å².